The molecule has 0 N–H and O–H groups in total. The maximum absolute atomic E-state index is 2.53. The number of hydrogen-bond acceptors (Lipinski definition) is 0. The van der Waals surface area contributed by atoms with Crippen LogP contribution in [0.25, 0.3) is 0 Å². The van der Waals surface area contributed by atoms with Gasteiger partial charge >= 0.3 is 0 Å². The Morgan fingerprint density at radius 1 is 0.778 bits per heavy atom. The monoisotopic (exact) mass is 252 g/mol. The molecule has 3 rings (SSSR count). The van der Waals surface area contributed by atoms with Crippen LogP contribution in [0.1, 0.15) is 22.6 Å². The van der Waals surface area contributed by atoms with E-state index in [-0.39, 0.29) is 0 Å². The van der Waals surface area contributed by atoms with Crippen molar-refractivity contribution in [3.05, 3.63) is 71.8 Å². The summed E-state index contributed by atoms with van der Waals surface area (Å²) in [6, 6.07) is 23.6. The van der Waals surface area contributed by atoms with Crippen molar-refractivity contribution in [2.24, 2.45) is 0 Å². The van der Waals surface area contributed by atoms with Crippen LogP contribution in [0.15, 0.2) is 60.7 Å². The molecule has 1 aliphatic rings. The molecule has 1 saturated heterocycles. The molecule has 1 heterocycles. The molecule has 0 amide bonds. The van der Waals surface area contributed by atoms with Gasteiger partial charge in [0.1, 0.15) is 0 Å². The van der Waals surface area contributed by atoms with Crippen molar-refractivity contribution < 1.29 is 0 Å². The van der Waals surface area contributed by atoms with Crippen molar-refractivity contribution in [2.75, 3.05) is 0 Å². The third-order valence-electron chi connectivity index (χ3n) is 4.38. The third-order valence-corrected chi connectivity index (χ3v) is 8.29. The quantitative estimate of drug-likeness (QED) is 0.673. The van der Waals surface area contributed by atoms with Gasteiger partial charge in [-0.2, -0.15) is 0 Å². The lowest BCUT2D eigenvalue weighted by atomic mass is 9.91. The smallest absolute Gasteiger partial charge is 0.0565 e. The van der Waals surface area contributed by atoms with E-state index < -0.39 is 8.07 Å². The van der Waals surface area contributed by atoms with Gasteiger partial charge in [-0.3, -0.25) is 0 Å². The highest BCUT2D eigenvalue weighted by molar-refractivity contribution is 6.82. The number of benzene rings is 2. The van der Waals surface area contributed by atoms with Crippen LogP contribution in [-0.2, 0) is 0 Å². The van der Waals surface area contributed by atoms with E-state index in [9.17, 15) is 0 Å². The van der Waals surface area contributed by atoms with Gasteiger partial charge in [0.15, 0.2) is 0 Å². The van der Waals surface area contributed by atoms with E-state index in [4.69, 9.17) is 0 Å². The second kappa shape index (κ2) is 4.40. The summed E-state index contributed by atoms with van der Waals surface area (Å²) in [5.41, 5.74) is 3.87. The normalized spacial score (nSPS) is 25.4. The van der Waals surface area contributed by atoms with Crippen LogP contribution >= 0.6 is 0 Å². The topological polar surface area (TPSA) is 0 Å². The van der Waals surface area contributed by atoms with Crippen LogP contribution in [0, 0.1) is 0 Å². The van der Waals surface area contributed by atoms with Gasteiger partial charge < -0.3 is 0 Å². The van der Waals surface area contributed by atoms with E-state index in [1.54, 1.807) is 5.56 Å². The minimum Gasteiger partial charge on any atom is -0.0689 e. The predicted octanol–water partition coefficient (Wildman–Crippen LogP) is 4.82. The molecule has 1 heteroatoms. The van der Waals surface area contributed by atoms with Gasteiger partial charge in [-0.05, 0) is 28.6 Å². The summed E-state index contributed by atoms with van der Waals surface area (Å²) in [6.45, 7) is 5.06. The molecule has 0 radical (unpaired) electrons. The van der Waals surface area contributed by atoms with Gasteiger partial charge in [0.05, 0.1) is 8.07 Å². The molecule has 0 aromatic heterocycles. The fourth-order valence-corrected chi connectivity index (χ4v) is 7.46. The first-order chi connectivity index (χ1) is 8.68. The molecule has 1 fully saturated rings. The molecular formula is C17H20Si. The molecule has 2 unspecified atom stereocenters. The molecule has 92 valence electrons. The second-order valence-corrected chi connectivity index (χ2v) is 11.1. The fraction of sp³-hybridized carbons (Fsp3) is 0.294. The highest BCUT2D eigenvalue weighted by Gasteiger charge is 2.49. The predicted molar refractivity (Wildman–Crippen MR) is 80.7 cm³/mol. The zero-order valence-corrected chi connectivity index (χ0v) is 12.1. The van der Waals surface area contributed by atoms with Crippen molar-refractivity contribution in [3.63, 3.8) is 0 Å². The van der Waals surface area contributed by atoms with E-state index >= 15 is 0 Å². The summed E-state index contributed by atoms with van der Waals surface area (Å²) in [7, 11) is -1.07. The number of rotatable bonds is 2. The van der Waals surface area contributed by atoms with Crippen molar-refractivity contribution >= 4 is 8.07 Å². The summed E-state index contributed by atoms with van der Waals surface area (Å²) >= 11 is 0. The van der Waals surface area contributed by atoms with Crippen molar-refractivity contribution in [3.8, 4) is 0 Å². The van der Waals surface area contributed by atoms with Gasteiger partial charge in [-0.15, -0.1) is 0 Å². The summed E-state index contributed by atoms with van der Waals surface area (Å²) in [4.78, 5) is 0. The van der Waals surface area contributed by atoms with Gasteiger partial charge in [0.25, 0.3) is 0 Å². The van der Waals surface area contributed by atoms with Crippen molar-refractivity contribution in [1.29, 1.82) is 0 Å². The zero-order valence-electron chi connectivity index (χ0n) is 11.1. The lowest BCUT2D eigenvalue weighted by Crippen LogP contribution is -2.50. The lowest BCUT2D eigenvalue weighted by molar-refractivity contribution is 0.613. The molecule has 0 bridgehead atoms. The van der Waals surface area contributed by atoms with Crippen LogP contribution in [-0.4, -0.2) is 8.07 Å². The SMILES string of the molecule is C[Si]1(C)CC(c2ccccc2)C1c1ccccc1. The van der Waals surface area contributed by atoms with Gasteiger partial charge in [0.2, 0.25) is 0 Å². The third kappa shape index (κ3) is 1.93. The molecule has 18 heavy (non-hydrogen) atoms. The van der Waals surface area contributed by atoms with Crippen molar-refractivity contribution in [2.45, 2.75) is 30.6 Å². The Morgan fingerprint density at radius 3 is 1.78 bits per heavy atom. The van der Waals surface area contributed by atoms with E-state index in [1.165, 1.54) is 11.6 Å². The second-order valence-electron chi connectivity index (χ2n) is 6.10. The molecule has 2 atom stereocenters. The van der Waals surface area contributed by atoms with Gasteiger partial charge in [0, 0.05) is 0 Å². The Hall–Kier alpha value is -1.34. The minimum atomic E-state index is -1.07. The highest BCUT2D eigenvalue weighted by atomic mass is 28.3. The van der Waals surface area contributed by atoms with E-state index in [0.717, 1.165) is 11.5 Å². The molecule has 1 aliphatic heterocycles. The van der Waals surface area contributed by atoms with E-state index in [2.05, 4.69) is 73.8 Å². The molecule has 2 aromatic carbocycles. The standard InChI is InChI=1S/C17H20Si/c1-18(2)13-16(14-9-5-3-6-10-14)17(18)15-11-7-4-8-12-15/h3-12,16-17H,13H2,1-2H3. The van der Waals surface area contributed by atoms with Crippen LogP contribution in [0.3, 0.4) is 0 Å². The first-order valence-corrected chi connectivity index (χ1v) is 10.1. The summed E-state index contributed by atoms with van der Waals surface area (Å²) in [6.07, 6.45) is 0. The summed E-state index contributed by atoms with van der Waals surface area (Å²) in [5.74, 6) is 0.746. The highest BCUT2D eigenvalue weighted by Crippen LogP contribution is 2.55. The van der Waals surface area contributed by atoms with E-state index in [0.29, 0.717) is 0 Å². The van der Waals surface area contributed by atoms with Crippen LogP contribution < -0.4 is 0 Å². The molecule has 0 nitrogen and oxygen atoms in total. The summed E-state index contributed by atoms with van der Waals surface area (Å²) < 4.78 is 0. The first-order valence-electron chi connectivity index (χ1n) is 6.78. The Morgan fingerprint density at radius 2 is 1.28 bits per heavy atom. The largest absolute Gasteiger partial charge is 0.0689 e. The number of hydrogen-bond donors (Lipinski definition) is 0. The Kier molecular flexibility index (Phi) is 2.87. The molecule has 0 spiro atoms. The first kappa shape index (κ1) is 11.7. The van der Waals surface area contributed by atoms with Crippen LogP contribution in [0.5, 0.6) is 0 Å². The minimum absolute atomic E-state index is 0.746. The van der Waals surface area contributed by atoms with Gasteiger partial charge in [-0.1, -0.05) is 73.8 Å². The lowest BCUT2D eigenvalue weighted by Gasteiger charge is -2.51. The fourth-order valence-electron chi connectivity index (χ4n) is 3.55. The molecular weight excluding hydrogens is 232 g/mol. The van der Waals surface area contributed by atoms with E-state index in [1.807, 2.05) is 0 Å². The summed E-state index contributed by atoms with van der Waals surface area (Å²) in [5, 5.41) is 0. The average molecular weight is 252 g/mol. The Labute approximate surface area is 111 Å². The maximum atomic E-state index is 2.53. The zero-order chi connectivity index (χ0) is 12.6. The Balaban J connectivity index is 1.95. The van der Waals surface area contributed by atoms with Gasteiger partial charge in [-0.25, -0.2) is 0 Å². The Bertz CT molecular complexity index is 516. The molecule has 0 saturated carbocycles. The molecule has 0 aliphatic carbocycles. The average Bonchev–Trinajstić information content (AvgIpc) is 2.38. The molecule has 2 aromatic rings. The van der Waals surface area contributed by atoms with Crippen LogP contribution in [0.4, 0.5) is 0 Å². The van der Waals surface area contributed by atoms with Crippen LogP contribution in [0.2, 0.25) is 19.1 Å². The van der Waals surface area contributed by atoms with Crippen molar-refractivity contribution in [1.82, 2.24) is 0 Å². The maximum Gasteiger partial charge on any atom is 0.0565 e.